The summed E-state index contributed by atoms with van der Waals surface area (Å²) in [5.41, 5.74) is 5.97. The molecular weight excluding hydrogens is 259 g/mol. The molecule has 1 aromatic carbocycles. The molecule has 0 spiro atoms. The summed E-state index contributed by atoms with van der Waals surface area (Å²) >= 11 is 0. The van der Waals surface area contributed by atoms with E-state index in [9.17, 15) is 9.18 Å². The van der Waals surface area contributed by atoms with E-state index in [-0.39, 0.29) is 29.7 Å². The molecule has 0 bridgehead atoms. The monoisotopic (exact) mass is 280 g/mol. The van der Waals surface area contributed by atoms with Gasteiger partial charge in [-0.3, -0.25) is 4.79 Å². The molecule has 0 aliphatic heterocycles. The van der Waals surface area contributed by atoms with E-state index >= 15 is 0 Å². The van der Waals surface area contributed by atoms with Crippen LogP contribution >= 0.6 is 0 Å². The Balaban J connectivity index is 2.00. The standard InChI is InChI=1S/C15H21FN2O2/c1-9(2)20-12-5-6-14(13(16)8-12)18-15(19)10-3-4-11(17)7-10/h5-6,8-11H,3-4,7,17H2,1-2H3,(H,18,19). The first-order valence-electron chi connectivity index (χ1n) is 6.98. The van der Waals surface area contributed by atoms with Crippen LogP contribution in [0.2, 0.25) is 0 Å². The molecule has 1 aromatic rings. The number of carbonyl (C=O) groups excluding carboxylic acids is 1. The van der Waals surface area contributed by atoms with Crippen LogP contribution in [-0.2, 0) is 4.79 Å². The first kappa shape index (κ1) is 14.8. The second kappa shape index (κ2) is 6.22. The van der Waals surface area contributed by atoms with E-state index < -0.39 is 5.82 Å². The van der Waals surface area contributed by atoms with Crippen molar-refractivity contribution in [1.29, 1.82) is 0 Å². The minimum Gasteiger partial charge on any atom is -0.491 e. The number of nitrogens with one attached hydrogen (secondary N) is 1. The van der Waals surface area contributed by atoms with Gasteiger partial charge in [-0.2, -0.15) is 0 Å². The van der Waals surface area contributed by atoms with Crippen molar-refractivity contribution >= 4 is 11.6 Å². The summed E-state index contributed by atoms with van der Waals surface area (Å²) in [6.45, 7) is 3.74. The maximum atomic E-state index is 13.9. The molecule has 1 saturated carbocycles. The van der Waals surface area contributed by atoms with Crippen molar-refractivity contribution in [3.63, 3.8) is 0 Å². The SMILES string of the molecule is CC(C)Oc1ccc(NC(=O)C2CCC(N)C2)c(F)c1. The number of ether oxygens (including phenoxy) is 1. The lowest BCUT2D eigenvalue weighted by molar-refractivity contribution is -0.119. The molecule has 0 radical (unpaired) electrons. The Morgan fingerprint density at radius 1 is 1.45 bits per heavy atom. The maximum absolute atomic E-state index is 13.9. The number of hydrogen-bond acceptors (Lipinski definition) is 3. The molecule has 5 heteroatoms. The van der Waals surface area contributed by atoms with Gasteiger partial charge in [-0.25, -0.2) is 4.39 Å². The molecule has 110 valence electrons. The van der Waals surface area contributed by atoms with E-state index in [0.717, 1.165) is 12.8 Å². The quantitative estimate of drug-likeness (QED) is 0.891. The zero-order valence-electron chi connectivity index (χ0n) is 11.9. The van der Waals surface area contributed by atoms with Gasteiger partial charge >= 0.3 is 0 Å². The largest absolute Gasteiger partial charge is 0.491 e. The topological polar surface area (TPSA) is 64.3 Å². The molecule has 4 nitrogen and oxygen atoms in total. The Kier molecular flexibility index (Phi) is 4.60. The van der Waals surface area contributed by atoms with Crippen LogP contribution in [0.25, 0.3) is 0 Å². The van der Waals surface area contributed by atoms with Crippen LogP contribution < -0.4 is 15.8 Å². The van der Waals surface area contributed by atoms with Gasteiger partial charge < -0.3 is 15.8 Å². The van der Waals surface area contributed by atoms with Crippen molar-refractivity contribution < 1.29 is 13.9 Å². The molecule has 2 unspecified atom stereocenters. The predicted molar refractivity (Wildman–Crippen MR) is 76.1 cm³/mol. The number of amides is 1. The van der Waals surface area contributed by atoms with E-state index in [1.165, 1.54) is 12.1 Å². The van der Waals surface area contributed by atoms with E-state index in [2.05, 4.69) is 5.32 Å². The summed E-state index contributed by atoms with van der Waals surface area (Å²) in [6, 6.07) is 4.55. The van der Waals surface area contributed by atoms with Crippen LogP contribution in [0.3, 0.4) is 0 Å². The lowest BCUT2D eigenvalue weighted by Crippen LogP contribution is -2.23. The number of rotatable bonds is 4. The fourth-order valence-corrected chi connectivity index (χ4v) is 2.43. The lowest BCUT2D eigenvalue weighted by Gasteiger charge is -2.13. The van der Waals surface area contributed by atoms with E-state index in [0.29, 0.717) is 12.2 Å². The zero-order chi connectivity index (χ0) is 14.7. The molecule has 20 heavy (non-hydrogen) atoms. The summed E-state index contributed by atoms with van der Waals surface area (Å²) in [6.07, 6.45) is 2.27. The molecule has 0 aromatic heterocycles. The van der Waals surface area contributed by atoms with Gasteiger partial charge in [0.2, 0.25) is 5.91 Å². The van der Waals surface area contributed by atoms with E-state index in [1.54, 1.807) is 6.07 Å². The van der Waals surface area contributed by atoms with Gasteiger partial charge in [0.25, 0.3) is 0 Å². The zero-order valence-corrected chi connectivity index (χ0v) is 11.9. The molecule has 2 atom stereocenters. The number of anilines is 1. The number of nitrogens with two attached hydrogens (primary N) is 1. The van der Waals surface area contributed by atoms with Gasteiger partial charge in [0.1, 0.15) is 11.6 Å². The Morgan fingerprint density at radius 3 is 2.75 bits per heavy atom. The van der Waals surface area contributed by atoms with Crippen molar-refractivity contribution in [2.24, 2.45) is 11.7 Å². The van der Waals surface area contributed by atoms with Crippen molar-refractivity contribution in [1.82, 2.24) is 0 Å². The molecule has 2 rings (SSSR count). The van der Waals surface area contributed by atoms with E-state index in [1.807, 2.05) is 13.8 Å². The highest BCUT2D eigenvalue weighted by molar-refractivity contribution is 5.92. The maximum Gasteiger partial charge on any atom is 0.227 e. The first-order valence-corrected chi connectivity index (χ1v) is 6.98. The van der Waals surface area contributed by atoms with Crippen molar-refractivity contribution in [3.8, 4) is 5.75 Å². The highest BCUT2D eigenvalue weighted by atomic mass is 19.1. The molecule has 1 aliphatic carbocycles. The third-order valence-corrected chi connectivity index (χ3v) is 3.41. The van der Waals surface area contributed by atoms with Gasteiger partial charge in [-0.15, -0.1) is 0 Å². The number of hydrogen-bond donors (Lipinski definition) is 2. The predicted octanol–water partition coefficient (Wildman–Crippen LogP) is 2.68. The first-order chi connectivity index (χ1) is 9.45. The molecule has 0 heterocycles. The van der Waals surface area contributed by atoms with E-state index in [4.69, 9.17) is 10.5 Å². The third-order valence-electron chi connectivity index (χ3n) is 3.41. The lowest BCUT2D eigenvalue weighted by atomic mass is 10.1. The van der Waals surface area contributed by atoms with Crippen LogP contribution in [0.5, 0.6) is 5.75 Å². The highest BCUT2D eigenvalue weighted by Crippen LogP contribution is 2.27. The Bertz CT molecular complexity index is 491. The van der Waals surface area contributed by atoms with Crippen LogP contribution in [0.1, 0.15) is 33.1 Å². The second-order valence-electron chi connectivity index (χ2n) is 5.57. The third kappa shape index (κ3) is 3.70. The average Bonchev–Trinajstić information content (AvgIpc) is 2.78. The van der Waals surface area contributed by atoms with Crippen molar-refractivity contribution in [2.75, 3.05) is 5.32 Å². The summed E-state index contributed by atoms with van der Waals surface area (Å²) in [7, 11) is 0. The summed E-state index contributed by atoms with van der Waals surface area (Å²) in [4.78, 5) is 12.0. The minimum absolute atomic E-state index is 0.0187. The molecule has 1 fully saturated rings. The molecule has 1 aliphatic rings. The van der Waals surface area contributed by atoms with Gasteiger partial charge in [0.05, 0.1) is 11.8 Å². The fraction of sp³-hybridized carbons (Fsp3) is 0.533. The number of benzene rings is 1. The molecule has 1 amide bonds. The minimum atomic E-state index is -0.487. The van der Waals surface area contributed by atoms with Gasteiger partial charge in [-0.1, -0.05) is 0 Å². The fourth-order valence-electron chi connectivity index (χ4n) is 2.43. The number of carbonyl (C=O) groups is 1. The van der Waals surface area contributed by atoms with Gasteiger partial charge in [0, 0.05) is 18.0 Å². The highest BCUT2D eigenvalue weighted by Gasteiger charge is 2.28. The van der Waals surface area contributed by atoms with Gasteiger partial charge in [-0.05, 0) is 45.2 Å². The summed E-state index contributed by atoms with van der Waals surface area (Å²) in [5.74, 6) is -0.303. The van der Waals surface area contributed by atoms with Crippen LogP contribution in [0.4, 0.5) is 10.1 Å². The molecular formula is C15H21FN2O2. The Hall–Kier alpha value is -1.62. The summed E-state index contributed by atoms with van der Waals surface area (Å²) in [5, 5.41) is 2.63. The average molecular weight is 280 g/mol. The second-order valence-corrected chi connectivity index (χ2v) is 5.57. The van der Waals surface area contributed by atoms with Crippen LogP contribution in [0.15, 0.2) is 18.2 Å². The van der Waals surface area contributed by atoms with Gasteiger partial charge in [0.15, 0.2) is 0 Å². The van der Waals surface area contributed by atoms with Crippen LogP contribution in [-0.4, -0.2) is 18.1 Å². The summed E-state index contributed by atoms with van der Waals surface area (Å²) < 4.78 is 19.3. The Morgan fingerprint density at radius 2 is 2.20 bits per heavy atom. The van der Waals surface area contributed by atoms with Crippen molar-refractivity contribution in [2.45, 2.75) is 45.3 Å². The normalized spacial score (nSPS) is 22.1. The van der Waals surface area contributed by atoms with Crippen molar-refractivity contribution in [3.05, 3.63) is 24.0 Å². The number of halogens is 1. The molecule has 0 saturated heterocycles. The Labute approximate surface area is 118 Å². The van der Waals surface area contributed by atoms with Crippen LogP contribution in [0, 0.1) is 11.7 Å². The molecule has 3 N–H and O–H groups in total. The smallest absolute Gasteiger partial charge is 0.227 e.